The van der Waals surface area contributed by atoms with Crippen LogP contribution in [-0.4, -0.2) is 30.3 Å². The van der Waals surface area contributed by atoms with E-state index in [0.29, 0.717) is 28.7 Å². The van der Waals surface area contributed by atoms with Crippen molar-refractivity contribution in [3.63, 3.8) is 0 Å². The molecule has 0 bridgehead atoms. The minimum atomic E-state index is -5.16. The van der Waals surface area contributed by atoms with Crippen LogP contribution in [-0.2, 0) is 43.0 Å². The summed E-state index contributed by atoms with van der Waals surface area (Å²) in [7, 11) is 2.18. The monoisotopic (exact) mass is 595 g/mol. The summed E-state index contributed by atoms with van der Waals surface area (Å²) in [4.78, 5) is 13.3. The number of halogens is 9. The van der Waals surface area contributed by atoms with Crippen molar-refractivity contribution in [3.8, 4) is 16.9 Å². The van der Waals surface area contributed by atoms with Crippen molar-refractivity contribution >= 4 is 6.09 Å². The lowest BCUT2D eigenvalue weighted by molar-refractivity contribution is -0.143. The molecule has 1 amide bonds. The zero-order chi connectivity index (χ0) is 30.8. The van der Waals surface area contributed by atoms with Gasteiger partial charge in [0.05, 0.1) is 37.5 Å². The van der Waals surface area contributed by atoms with E-state index in [1.807, 2.05) is 0 Å². The third-order valence-electron chi connectivity index (χ3n) is 5.98. The van der Waals surface area contributed by atoms with Gasteiger partial charge >= 0.3 is 24.6 Å². The Morgan fingerprint density at radius 2 is 1.29 bits per heavy atom. The van der Waals surface area contributed by atoms with Gasteiger partial charge in [0.1, 0.15) is 5.75 Å². The molecule has 0 aliphatic rings. The number of hydrogen-bond donors (Lipinski definition) is 1. The highest BCUT2D eigenvalue weighted by atomic mass is 19.4. The van der Waals surface area contributed by atoms with E-state index >= 15 is 0 Å². The van der Waals surface area contributed by atoms with Gasteiger partial charge in [-0.1, -0.05) is 12.1 Å². The van der Waals surface area contributed by atoms with Gasteiger partial charge in [0, 0.05) is 18.7 Å². The predicted octanol–water partition coefficient (Wildman–Crippen LogP) is 7.68. The molecule has 0 saturated carbocycles. The fourth-order valence-electron chi connectivity index (χ4n) is 4.08. The molecule has 1 N–H and O–H groups in total. The van der Waals surface area contributed by atoms with Gasteiger partial charge in [0.2, 0.25) is 0 Å². The van der Waals surface area contributed by atoms with E-state index < -0.39 is 66.6 Å². The van der Waals surface area contributed by atoms with Crippen molar-refractivity contribution in [1.29, 1.82) is 0 Å². The first-order valence-electron chi connectivity index (χ1n) is 11.6. The third-order valence-corrected chi connectivity index (χ3v) is 5.98. The Balaban J connectivity index is 2.18. The smallest absolute Gasteiger partial charge is 0.416 e. The predicted molar refractivity (Wildman–Crippen MR) is 127 cm³/mol. The number of hydrogen-bond acceptors (Lipinski definition) is 4. The van der Waals surface area contributed by atoms with Crippen LogP contribution in [0.3, 0.4) is 0 Å². The number of aliphatic hydroxyl groups is 1. The van der Waals surface area contributed by atoms with Crippen LogP contribution in [0.4, 0.5) is 44.3 Å². The summed E-state index contributed by atoms with van der Waals surface area (Å²) in [6, 6.07) is 7.64. The molecule has 3 aromatic rings. The highest BCUT2D eigenvalue weighted by molar-refractivity contribution is 5.75. The Morgan fingerprint density at radius 1 is 0.707 bits per heavy atom. The summed E-state index contributed by atoms with van der Waals surface area (Å²) >= 11 is 0. The third kappa shape index (κ3) is 7.63. The Labute approximate surface area is 227 Å². The van der Waals surface area contributed by atoms with E-state index in [-0.39, 0.29) is 28.5 Å². The van der Waals surface area contributed by atoms with Gasteiger partial charge in [-0.25, -0.2) is 4.79 Å². The van der Waals surface area contributed by atoms with Crippen LogP contribution in [0.25, 0.3) is 11.1 Å². The van der Waals surface area contributed by atoms with Gasteiger partial charge in [-0.3, -0.25) is 4.90 Å². The zero-order valence-electron chi connectivity index (χ0n) is 21.3. The molecule has 0 radical (unpaired) electrons. The van der Waals surface area contributed by atoms with Crippen LogP contribution in [0.2, 0.25) is 0 Å². The van der Waals surface area contributed by atoms with Crippen molar-refractivity contribution < 1.29 is 58.9 Å². The van der Waals surface area contributed by atoms with Crippen molar-refractivity contribution in [2.45, 2.75) is 38.2 Å². The van der Waals surface area contributed by atoms with Crippen LogP contribution in [0.1, 0.15) is 33.4 Å². The summed E-state index contributed by atoms with van der Waals surface area (Å²) in [5, 5.41) is 9.55. The molecule has 0 unspecified atom stereocenters. The van der Waals surface area contributed by atoms with Gasteiger partial charge < -0.3 is 14.6 Å². The average molecular weight is 595 g/mol. The van der Waals surface area contributed by atoms with E-state index in [0.717, 1.165) is 19.2 Å². The second-order valence-electron chi connectivity index (χ2n) is 8.80. The van der Waals surface area contributed by atoms with E-state index in [1.54, 1.807) is 0 Å². The van der Waals surface area contributed by atoms with E-state index in [1.165, 1.54) is 25.3 Å². The van der Waals surface area contributed by atoms with Gasteiger partial charge in [0.25, 0.3) is 0 Å². The molecule has 0 saturated heterocycles. The summed E-state index contributed by atoms with van der Waals surface area (Å²) < 4.78 is 131. The fourth-order valence-corrected chi connectivity index (χ4v) is 4.08. The number of nitrogens with zero attached hydrogens (tertiary/aromatic N) is 1. The number of ether oxygens (including phenoxy) is 2. The molecule has 0 aliphatic carbocycles. The lowest BCUT2D eigenvalue weighted by Crippen LogP contribution is -2.30. The first-order valence-corrected chi connectivity index (χ1v) is 11.6. The van der Waals surface area contributed by atoms with Crippen LogP contribution >= 0.6 is 0 Å². The highest BCUT2D eigenvalue weighted by Gasteiger charge is 2.37. The number of methoxy groups -OCH3 is 2. The van der Waals surface area contributed by atoms with E-state index in [9.17, 15) is 49.4 Å². The molecule has 3 rings (SSSR count). The molecule has 3 aromatic carbocycles. The van der Waals surface area contributed by atoms with Gasteiger partial charge in [-0.05, 0) is 64.7 Å². The van der Waals surface area contributed by atoms with Crippen molar-refractivity contribution in [2.24, 2.45) is 0 Å². The molecule has 222 valence electrons. The maximum absolute atomic E-state index is 13.6. The molecule has 0 aromatic heterocycles. The highest BCUT2D eigenvalue weighted by Crippen LogP contribution is 2.39. The van der Waals surface area contributed by atoms with E-state index in [2.05, 4.69) is 4.74 Å². The number of alkyl halides is 9. The van der Waals surface area contributed by atoms with Crippen molar-refractivity contribution in [1.82, 2.24) is 4.90 Å². The first kappa shape index (κ1) is 31.6. The van der Waals surface area contributed by atoms with Crippen molar-refractivity contribution in [2.75, 3.05) is 14.2 Å². The van der Waals surface area contributed by atoms with Gasteiger partial charge in [0.15, 0.2) is 0 Å². The Hall–Kier alpha value is -3.94. The summed E-state index contributed by atoms with van der Waals surface area (Å²) in [6.07, 6.45) is -16.4. The lowest BCUT2D eigenvalue weighted by atomic mass is 9.94. The lowest BCUT2D eigenvalue weighted by Gasteiger charge is -2.25. The molecule has 0 atom stereocenters. The van der Waals surface area contributed by atoms with Crippen LogP contribution < -0.4 is 4.74 Å². The maximum Gasteiger partial charge on any atom is 0.416 e. The van der Waals surface area contributed by atoms with Crippen molar-refractivity contribution in [3.05, 3.63) is 88.0 Å². The molecule has 0 heterocycles. The van der Waals surface area contributed by atoms with Crippen LogP contribution in [0.15, 0.2) is 54.6 Å². The molecule has 5 nitrogen and oxygen atoms in total. The average Bonchev–Trinajstić information content (AvgIpc) is 2.90. The quantitative estimate of drug-likeness (QED) is 0.285. The van der Waals surface area contributed by atoms with Crippen LogP contribution in [0.5, 0.6) is 5.75 Å². The normalized spacial score (nSPS) is 12.3. The van der Waals surface area contributed by atoms with Crippen LogP contribution in [0, 0.1) is 0 Å². The van der Waals surface area contributed by atoms with Gasteiger partial charge in [-0.2, -0.15) is 39.5 Å². The second kappa shape index (κ2) is 11.9. The molecule has 41 heavy (non-hydrogen) atoms. The Bertz CT molecular complexity index is 1370. The number of carbonyl (C=O) groups excluding carboxylic acids is 1. The summed E-state index contributed by atoms with van der Waals surface area (Å²) in [6.45, 7) is -2.02. The summed E-state index contributed by atoms with van der Waals surface area (Å²) in [5.41, 5.74) is -4.48. The number of carbonyl (C=O) groups is 1. The largest absolute Gasteiger partial charge is 0.496 e. The minimum absolute atomic E-state index is 0.0860. The molecule has 0 aliphatic heterocycles. The standard InChI is InChI=1S/C27H22F9NO4/c1-40-23-6-3-15(14-38)9-22(23)21-5-4-18(25(28,29)30)10-17(21)13-37(24(39)41-2)12-16-7-19(26(31,32)33)11-20(8-16)27(34,35)36/h3-11,38H,12-14H2,1-2H3. The number of benzene rings is 3. The van der Waals surface area contributed by atoms with Gasteiger partial charge in [-0.15, -0.1) is 0 Å². The molecular formula is C27H22F9NO4. The fraction of sp³-hybridized carbons (Fsp3) is 0.296. The number of amides is 1. The first-order chi connectivity index (χ1) is 19.0. The Morgan fingerprint density at radius 3 is 1.78 bits per heavy atom. The number of aliphatic hydroxyl groups excluding tert-OH is 1. The topological polar surface area (TPSA) is 59.0 Å². The molecular weight excluding hydrogens is 573 g/mol. The SMILES string of the molecule is COC(=O)N(Cc1cc(C(F)(F)F)cc(C(F)(F)F)c1)Cc1cc(C(F)(F)F)ccc1-c1cc(CO)ccc1OC. The number of rotatable bonds is 7. The Kier molecular flexibility index (Phi) is 9.16. The van der Waals surface area contributed by atoms with E-state index in [4.69, 9.17) is 4.74 Å². The second-order valence-corrected chi connectivity index (χ2v) is 8.80. The molecule has 0 spiro atoms. The molecule has 14 heteroatoms. The maximum atomic E-state index is 13.6. The summed E-state index contributed by atoms with van der Waals surface area (Å²) in [5.74, 6) is 0.181. The minimum Gasteiger partial charge on any atom is -0.496 e. The zero-order valence-corrected chi connectivity index (χ0v) is 21.3. The molecule has 0 fully saturated rings.